The molecular weight excluding hydrogens is 368 g/mol. The van der Waals surface area contributed by atoms with E-state index in [2.05, 4.69) is 15.1 Å². The van der Waals surface area contributed by atoms with E-state index in [-0.39, 0.29) is 23.8 Å². The minimum atomic E-state index is -3.57. The minimum Gasteiger partial charge on any atom is -0.351 e. The molecule has 2 heterocycles. The van der Waals surface area contributed by atoms with Gasteiger partial charge in [-0.25, -0.2) is 21.6 Å². The molecular formula is C14H24N4O5S2. The molecule has 25 heavy (non-hydrogen) atoms. The standard InChI is InChI=1S/C14H24N4O5S2/c1-9-10(2)16-18(11(9)3)6-5-14(19)15-12-7-25(22,23)8-13(12)17-24(4,20)21/h12-13,17H,5-8H2,1-4H3,(H,15,19)/t12-,13-/m1/s1. The Labute approximate surface area is 148 Å². The van der Waals surface area contributed by atoms with Crippen LogP contribution in [0.4, 0.5) is 0 Å². The first-order valence-corrected chi connectivity index (χ1v) is 11.6. The van der Waals surface area contributed by atoms with Crippen LogP contribution in [0.15, 0.2) is 0 Å². The highest BCUT2D eigenvalue weighted by Crippen LogP contribution is 2.14. The molecule has 0 radical (unpaired) electrons. The van der Waals surface area contributed by atoms with Gasteiger partial charge in [-0.1, -0.05) is 0 Å². The minimum absolute atomic E-state index is 0.129. The van der Waals surface area contributed by atoms with Gasteiger partial charge in [-0.05, 0) is 26.3 Å². The highest BCUT2D eigenvalue weighted by molar-refractivity contribution is 7.92. The highest BCUT2D eigenvalue weighted by atomic mass is 32.2. The third kappa shape index (κ3) is 5.25. The first-order chi connectivity index (χ1) is 11.4. The quantitative estimate of drug-likeness (QED) is 0.641. The van der Waals surface area contributed by atoms with E-state index in [1.54, 1.807) is 4.68 Å². The Bertz CT molecular complexity index is 873. The van der Waals surface area contributed by atoms with Crippen molar-refractivity contribution in [3.63, 3.8) is 0 Å². The molecule has 1 fully saturated rings. The molecule has 1 saturated heterocycles. The molecule has 2 N–H and O–H groups in total. The van der Waals surface area contributed by atoms with E-state index < -0.39 is 31.9 Å². The number of aryl methyl sites for hydroxylation is 2. The smallest absolute Gasteiger partial charge is 0.222 e. The van der Waals surface area contributed by atoms with Gasteiger partial charge in [0.1, 0.15) is 0 Å². The van der Waals surface area contributed by atoms with Gasteiger partial charge >= 0.3 is 0 Å². The average molecular weight is 393 g/mol. The van der Waals surface area contributed by atoms with Crippen molar-refractivity contribution < 1.29 is 21.6 Å². The van der Waals surface area contributed by atoms with Crippen LogP contribution in [0, 0.1) is 20.8 Å². The summed E-state index contributed by atoms with van der Waals surface area (Å²) in [4.78, 5) is 12.2. The van der Waals surface area contributed by atoms with Crippen LogP contribution in [0.3, 0.4) is 0 Å². The molecule has 142 valence electrons. The molecule has 1 aromatic rings. The van der Waals surface area contributed by atoms with Crippen molar-refractivity contribution in [2.45, 2.75) is 45.8 Å². The van der Waals surface area contributed by atoms with Crippen LogP contribution in [0.5, 0.6) is 0 Å². The fourth-order valence-corrected chi connectivity index (χ4v) is 5.64. The second-order valence-corrected chi connectivity index (χ2v) is 10.5. The number of carbonyl (C=O) groups is 1. The number of nitrogens with zero attached hydrogens (tertiary/aromatic N) is 2. The predicted octanol–water partition coefficient (Wildman–Crippen LogP) is -0.971. The largest absolute Gasteiger partial charge is 0.351 e. The molecule has 0 unspecified atom stereocenters. The fourth-order valence-electron chi connectivity index (χ4n) is 2.87. The normalized spacial score (nSPS) is 22.9. The van der Waals surface area contributed by atoms with Crippen LogP contribution in [0.2, 0.25) is 0 Å². The van der Waals surface area contributed by atoms with Gasteiger partial charge in [0.15, 0.2) is 9.84 Å². The lowest BCUT2D eigenvalue weighted by Gasteiger charge is -2.19. The molecule has 0 bridgehead atoms. The van der Waals surface area contributed by atoms with E-state index in [0.29, 0.717) is 6.54 Å². The first-order valence-electron chi connectivity index (χ1n) is 7.85. The number of hydrogen-bond donors (Lipinski definition) is 2. The summed E-state index contributed by atoms with van der Waals surface area (Å²) in [6, 6.07) is -1.62. The van der Waals surface area contributed by atoms with Gasteiger partial charge in [0.2, 0.25) is 15.9 Å². The van der Waals surface area contributed by atoms with Crippen molar-refractivity contribution in [2.24, 2.45) is 0 Å². The number of rotatable bonds is 6. The van der Waals surface area contributed by atoms with Gasteiger partial charge in [0.05, 0.1) is 35.5 Å². The van der Waals surface area contributed by atoms with E-state index in [9.17, 15) is 21.6 Å². The van der Waals surface area contributed by atoms with Gasteiger partial charge in [-0.3, -0.25) is 9.48 Å². The van der Waals surface area contributed by atoms with E-state index >= 15 is 0 Å². The maximum atomic E-state index is 12.2. The van der Waals surface area contributed by atoms with E-state index in [4.69, 9.17) is 0 Å². The molecule has 1 aliphatic heterocycles. The van der Waals surface area contributed by atoms with Gasteiger partial charge < -0.3 is 5.32 Å². The molecule has 1 aromatic heterocycles. The number of amides is 1. The van der Waals surface area contributed by atoms with Crippen molar-refractivity contribution in [1.82, 2.24) is 19.8 Å². The third-order valence-electron chi connectivity index (χ3n) is 4.36. The number of sulfone groups is 1. The summed E-state index contributed by atoms with van der Waals surface area (Å²) < 4.78 is 50.4. The molecule has 0 aromatic carbocycles. The van der Waals surface area contributed by atoms with Crippen molar-refractivity contribution in [2.75, 3.05) is 17.8 Å². The lowest BCUT2D eigenvalue weighted by molar-refractivity contribution is -0.122. The SMILES string of the molecule is Cc1nn(CCC(=O)N[C@@H]2CS(=O)(=O)C[C@H]2NS(C)(=O)=O)c(C)c1C. The Balaban J connectivity index is 1.99. The molecule has 2 rings (SSSR count). The van der Waals surface area contributed by atoms with Gasteiger partial charge in [-0.15, -0.1) is 0 Å². The van der Waals surface area contributed by atoms with Crippen LogP contribution in [0.1, 0.15) is 23.4 Å². The zero-order chi connectivity index (χ0) is 19.0. The van der Waals surface area contributed by atoms with Gasteiger partial charge in [-0.2, -0.15) is 5.10 Å². The van der Waals surface area contributed by atoms with E-state index in [1.165, 1.54) is 0 Å². The summed E-state index contributed by atoms with van der Waals surface area (Å²) in [7, 11) is -6.97. The number of hydrogen-bond acceptors (Lipinski definition) is 6. The van der Waals surface area contributed by atoms with Gasteiger partial charge in [0, 0.05) is 18.7 Å². The van der Waals surface area contributed by atoms with Crippen LogP contribution in [-0.4, -0.2) is 62.4 Å². The summed E-state index contributed by atoms with van der Waals surface area (Å²) >= 11 is 0. The zero-order valence-electron chi connectivity index (χ0n) is 14.7. The molecule has 0 saturated carbocycles. The summed E-state index contributed by atoms with van der Waals surface area (Å²) in [5, 5.41) is 6.98. The van der Waals surface area contributed by atoms with Crippen molar-refractivity contribution in [3.05, 3.63) is 17.0 Å². The summed E-state index contributed by atoms with van der Waals surface area (Å²) in [5.74, 6) is -0.931. The topological polar surface area (TPSA) is 127 Å². The molecule has 0 aliphatic carbocycles. The van der Waals surface area contributed by atoms with Crippen LogP contribution in [0.25, 0.3) is 0 Å². The zero-order valence-corrected chi connectivity index (χ0v) is 16.4. The lowest BCUT2D eigenvalue weighted by Crippen LogP contribution is -2.50. The molecule has 0 spiro atoms. The van der Waals surface area contributed by atoms with Crippen molar-refractivity contribution in [1.29, 1.82) is 0 Å². The Morgan fingerprint density at radius 2 is 1.84 bits per heavy atom. The highest BCUT2D eigenvalue weighted by Gasteiger charge is 2.39. The number of sulfonamides is 1. The first kappa shape index (κ1) is 19.9. The predicted molar refractivity (Wildman–Crippen MR) is 93.4 cm³/mol. The molecule has 2 atom stereocenters. The summed E-state index contributed by atoms with van der Waals surface area (Å²) in [6.45, 7) is 6.14. The Morgan fingerprint density at radius 1 is 1.24 bits per heavy atom. The Hall–Kier alpha value is -1.46. The molecule has 1 aliphatic rings. The second kappa shape index (κ2) is 7.04. The van der Waals surface area contributed by atoms with Crippen molar-refractivity contribution in [3.8, 4) is 0 Å². The lowest BCUT2D eigenvalue weighted by atomic mass is 10.2. The average Bonchev–Trinajstić information content (AvgIpc) is 2.85. The van der Waals surface area contributed by atoms with Crippen LogP contribution in [-0.2, 0) is 31.2 Å². The fraction of sp³-hybridized carbons (Fsp3) is 0.714. The van der Waals surface area contributed by atoms with Gasteiger partial charge in [0.25, 0.3) is 0 Å². The monoisotopic (exact) mass is 392 g/mol. The maximum absolute atomic E-state index is 12.2. The third-order valence-corrected chi connectivity index (χ3v) is 6.82. The maximum Gasteiger partial charge on any atom is 0.222 e. The Morgan fingerprint density at radius 3 is 2.36 bits per heavy atom. The van der Waals surface area contributed by atoms with E-state index in [0.717, 1.165) is 23.2 Å². The summed E-state index contributed by atoms with van der Waals surface area (Å²) in [5.41, 5.74) is 2.95. The van der Waals surface area contributed by atoms with Crippen LogP contribution < -0.4 is 10.0 Å². The molecule has 11 heteroatoms. The number of aromatic nitrogens is 2. The van der Waals surface area contributed by atoms with Crippen LogP contribution >= 0.6 is 0 Å². The summed E-state index contributed by atoms with van der Waals surface area (Å²) in [6.07, 6.45) is 1.09. The van der Waals surface area contributed by atoms with Crippen molar-refractivity contribution >= 4 is 25.8 Å². The molecule has 1 amide bonds. The molecule has 9 nitrogen and oxygen atoms in total. The second-order valence-electron chi connectivity index (χ2n) is 6.52. The number of carbonyl (C=O) groups excluding carboxylic acids is 1. The van der Waals surface area contributed by atoms with E-state index in [1.807, 2.05) is 20.8 Å². The Kier molecular flexibility index (Phi) is 5.59. The number of nitrogens with one attached hydrogen (secondary N) is 2.